The minimum Gasteiger partial charge on any atom is -0.507 e. The molecule has 1 aromatic carbocycles. The second-order valence-electron chi connectivity index (χ2n) is 10.9. The maximum Gasteiger partial charge on any atom is 0.408 e. The lowest BCUT2D eigenvalue weighted by molar-refractivity contribution is -0.143. The zero-order valence-electron chi connectivity index (χ0n) is 24.3. The Kier molecular flexibility index (Phi) is 14.2. The van der Waals surface area contributed by atoms with Crippen LogP contribution in [0.5, 0.6) is 5.75 Å². The Bertz CT molecular complexity index is 899. The Morgan fingerprint density at radius 1 is 1.03 bits per heavy atom. The molecule has 0 heterocycles. The molecule has 9 heteroatoms. The van der Waals surface area contributed by atoms with Crippen LogP contribution in [0.2, 0.25) is 0 Å². The number of phenolic OH excluding ortho intramolecular Hbond substituents is 1. The fraction of sp³-hybridized carbons (Fsp3) is 0.690. The van der Waals surface area contributed by atoms with Gasteiger partial charge in [-0.2, -0.15) is 0 Å². The minimum atomic E-state index is -1.32. The number of rotatable bonds is 15. The van der Waals surface area contributed by atoms with E-state index in [0.717, 1.165) is 38.5 Å². The Hall–Kier alpha value is -2.81. The van der Waals surface area contributed by atoms with Gasteiger partial charge in [-0.15, -0.1) is 0 Å². The second kappa shape index (κ2) is 16.2. The van der Waals surface area contributed by atoms with Gasteiger partial charge in [-0.1, -0.05) is 64.2 Å². The summed E-state index contributed by atoms with van der Waals surface area (Å²) in [5, 5.41) is 26.4. The largest absolute Gasteiger partial charge is 0.507 e. The summed E-state index contributed by atoms with van der Waals surface area (Å²) in [6.45, 7) is 12.4. The van der Waals surface area contributed by atoms with Gasteiger partial charge in [-0.3, -0.25) is 9.59 Å². The number of ether oxygens (including phenoxy) is 1. The second-order valence-corrected chi connectivity index (χ2v) is 10.9. The molecule has 38 heavy (non-hydrogen) atoms. The van der Waals surface area contributed by atoms with Crippen LogP contribution in [-0.2, 0) is 14.3 Å². The number of nitrogens with zero attached hydrogens (tertiary/aromatic N) is 1. The van der Waals surface area contributed by atoms with E-state index in [1.165, 1.54) is 4.90 Å². The number of phenols is 1. The van der Waals surface area contributed by atoms with E-state index in [1.54, 1.807) is 45.9 Å². The molecule has 1 aromatic rings. The molecule has 0 aliphatic carbocycles. The molecule has 0 saturated carbocycles. The monoisotopic (exact) mass is 535 g/mol. The summed E-state index contributed by atoms with van der Waals surface area (Å²) in [7, 11) is 0. The molecule has 0 fully saturated rings. The van der Waals surface area contributed by atoms with Crippen molar-refractivity contribution in [1.29, 1.82) is 0 Å². The molecule has 1 rings (SSSR count). The number of aliphatic hydroxyl groups is 1. The van der Waals surface area contributed by atoms with E-state index < -0.39 is 42.2 Å². The summed E-state index contributed by atoms with van der Waals surface area (Å²) in [6.07, 6.45) is 5.36. The van der Waals surface area contributed by atoms with Crippen molar-refractivity contribution in [2.75, 3.05) is 13.2 Å². The molecule has 9 nitrogen and oxygen atoms in total. The first-order valence-corrected chi connectivity index (χ1v) is 13.9. The number of aliphatic hydroxyl groups excluding tert-OH is 1. The number of unbranched alkanes of at least 4 members (excludes halogenated alkanes) is 4. The molecule has 216 valence electrons. The highest BCUT2D eigenvalue weighted by atomic mass is 16.6. The van der Waals surface area contributed by atoms with Crippen LogP contribution in [-0.4, -0.2) is 63.9 Å². The lowest BCUT2D eigenvalue weighted by Gasteiger charge is -2.35. The molecule has 0 spiro atoms. The van der Waals surface area contributed by atoms with Gasteiger partial charge in [0.15, 0.2) is 0 Å². The molecule has 3 unspecified atom stereocenters. The number of nitrogens with one attached hydrogen (secondary N) is 2. The van der Waals surface area contributed by atoms with Crippen molar-refractivity contribution in [3.63, 3.8) is 0 Å². The number of para-hydroxylation sites is 1. The van der Waals surface area contributed by atoms with Crippen LogP contribution in [0.4, 0.5) is 4.79 Å². The third kappa shape index (κ3) is 10.9. The topological polar surface area (TPSA) is 128 Å². The van der Waals surface area contributed by atoms with Crippen molar-refractivity contribution in [2.45, 2.75) is 117 Å². The number of hydrogen-bond acceptors (Lipinski definition) is 6. The minimum absolute atomic E-state index is 0.0692. The first-order valence-electron chi connectivity index (χ1n) is 13.9. The van der Waals surface area contributed by atoms with Gasteiger partial charge < -0.3 is 30.5 Å². The van der Waals surface area contributed by atoms with Crippen LogP contribution in [0, 0.1) is 6.92 Å². The van der Waals surface area contributed by atoms with Gasteiger partial charge in [0.1, 0.15) is 23.4 Å². The van der Waals surface area contributed by atoms with E-state index >= 15 is 0 Å². The van der Waals surface area contributed by atoms with Gasteiger partial charge in [0.25, 0.3) is 0 Å². The highest BCUT2D eigenvalue weighted by Gasteiger charge is 2.37. The normalized spacial score (nSPS) is 13.8. The lowest BCUT2D eigenvalue weighted by atomic mass is 9.98. The van der Waals surface area contributed by atoms with E-state index in [2.05, 4.69) is 17.6 Å². The fourth-order valence-corrected chi connectivity index (χ4v) is 4.27. The van der Waals surface area contributed by atoms with E-state index in [1.807, 2.05) is 13.8 Å². The van der Waals surface area contributed by atoms with Crippen LogP contribution in [0.3, 0.4) is 0 Å². The molecule has 3 amide bonds. The van der Waals surface area contributed by atoms with Crippen LogP contribution >= 0.6 is 0 Å². The van der Waals surface area contributed by atoms with E-state index in [-0.39, 0.29) is 18.3 Å². The van der Waals surface area contributed by atoms with Crippen LogP contribution < -0.4 is 10.6 Å². The van der Waals surface area contributed by atoms with Crippen molar-refractivity contribution < 1.29 is 29.3 Å². The molecule has 0 aliphatic heterocycles. The van der Waals surface area contributed by atoms with Crippen molar-refractivity contribution in [2.24, 2.45) is 0 Å². The maximum atomic E-state index is 13.9. The van der Waals surface area contributed by atoms with Gasteiger partial charge in [-0.25, -0.2) is 4.79 Å². The predicted octanol–water partition coefficient (Wildman–Crippen LogP) is 4.73. The molecular weight excluding hydrogens is 486 g/mol. The first kappa shape index (κ1) is 33.2. The smallest absolute Gasteiger partial charge is 0.408 e. The fourth-order valence-electron chi connectivity index (χ4n) is 4.27. The van der Waals surface area contributed by atoms with Crippen LogP contribution in [0.1, 0.15) is 104 Å². The van der Waals surface area contributed by atoms with Crippen molar-refractivity contribution in [1.82, 2.24) is 15.5 Å². The Labute approximate surface area is 228 Å². The quantitative estimate of drug-likeness (QED) is 0.240. The predicted molar refractivity (Wildman–Crippen MR) is 149 cm³/mol. The summed E-state index contributed by atoms with van der Waals surface area (Å²) in [5.74, 6) is -1.12. The van der Waals surface area contributed by atoms with Gasteiger partial charge >= 0.3 is 6.09 Å². The van der Waals surface area contributed by atoms with Gasteiger partial charge in [0, 0.05) is 18.2 Å². The molecule has 0 aromatic heterocycles. The molecule has 4 N–H and O–H groups in total. The summed E-state index contributed by atoms with van der Waals surface area (Å²) >= 11 is 0. The number of carbonyl (C=O) groups is 3. The molecule has 0 radical (unpaired) electrons. The van der Waals surface area contributed by atoms with E-state index in [0.29, 0.717) is 17.5 Å². The number of benzene rings is 1. The Morgan fingerprint density at radius 3 is 2.26 bits per heavy atom. The molecular formula is C29H49N3O6. The number of amides is 3. The average molecular weight is 536 g/mol. The molecule has 0 aliphatic rings. The van der Waals surface area contributed by atoms with Gasteiger partial charge in [0.2, 0.25) is 11.8 Å². The Balaban J connectivity index is 3.47. The van der Waals surface area contributed by atoms with Gasteiger partial charge in [0.05, 0.1) is 6.61 Å². The summed E-state index contributed by atoms with van der Waals surface area (Å²) in [4.78, 5) is 41.4. The summed E-state index contributed by atoms with van der Waals surface area (Å²) in [5.41, 5.74) is 0.0713. The van der Waals surface area contributed by atoms with Gasteiger partial charge in [-0.05, 0) is 53.0 Å². The first-order chi connectivity index (χ1) is 17.9. The zero-order valence-corrected chi connectivity index (χ0v) is 24.3. The van der Waals surface area contributed by atoms with E-state index in [4.69, 9.17) is 4.74 Å². The van der Waals surface area contributed by atoms with Crippen LogP contribution in [0.15, 0.2) is 18.2 Å². The SMILES string of the molecule is CCCCCCCN(C(=O)C(CO)NC(=O)OC(C)(C)C)C(C(=O)NC(C)CCC)c1cccc(C)c1O. The molecule has 0 saturated heterocycles. The standard InChI is InChI=1S/C29H49N3O6/c1-8-10-11-12-13-18-32(27(36)23(19-33)31-28(37)38-29(5,6)7)24(26(35)30-21(4)15-9-2)22-17-14-16-20(3)25(22)34/h14,16-17,21,23-24,33-34H,8-13,15,18-19H2,1-7H3,(H,30,35)(H,31,37). The number of carbonyl (C=O) groups excluding carboxylic acids is 3. The third-order valence-electron chi connectivity index (χ3n) is 6.19. The molecule has 0 bridgehead atoms. The van der Waals surface area contributed by atoms with Crippen molar-refractivity contribution >= 4 is 17.9 Å². The Morgan fingerprint density at radius 2 is 1.68 bits per heavy atom. The molecule has 3 atom stereocenters. The average Bonchev–Trinajstić information content (AvgIpc) is 2.82. The highest BCUT2D eigenvalue weighted by Crippen LogP contribution is 2.32. The van der Waals surface area contributed by atoms with Crippen molar-refractivity contribution in [3.05, 3.63) is 29.3 Å². The summed E-state index contributed by atoms with van der Waals surface area (Å²) in [6, 6.07) is 2.47. The maximum absolute atomic E-state index is 13.9. The number of aromatic hydroxyl groups is 1. The number of alkyl carbamates (subject to hydrolysis) is 1. The summed E-state index contributed by atoms with van der Waals surface area (Å²) < 4.78 is 5.28. The van der Waals surface area contributed by atoms with Crippen LogP contribution in [0.25, 0.3) is 0 Å². The number of aryl methyl sites for hydroxylation is 1. The third-order valence-corrected chi connectivity index (χ3v) is 6.19. The zero-order chi connectivity index (χ0) is 28.9. The van der Waals surface area contributed by atoms with Crippen molar-refractivity contribution in [3.8, 4) is 5.75 Å². The highest BCUT2D eigenvalue weighted by molar-refractivity contribution is 5.92. The lowest BCUT2D eigenvalue weighted by Crippen LogP contribution is -2.55. The van der Waals surface area contributed by atoms with E-state index in [9.17, 15) is 24.6 Å². The number of hydrogen-bond donors (Lipinski definition) is 4.